The maximum absolute atomic E-state index is 3.87. The molecule has 1 fully saturated rings. The van der Waals surface area contributed by atoms with Gasteiger partial charge in [-0.15, -0.1) is 11.3 Å². The molecule has 1 heterocycles. The minimum absolute atomic E-state index is 0.547. The van der Waals surface area contributed by atoms with E-state index in [1.54, 1.807) is 0 Å². The van der Waals surface area contributed by atoms with Crippen molar-refractivity contribution in [1.82, 2.24) is 5.32 Å². The number of hydrogen-bond donors (Lipinski definition) is 1. The van der Waals surface area contributed by atoms with Gasteiger partial charge in [-0.25, -0.2) is 0 Å². The molecule has 1 N–H and O–H groups in total. The van der Waals surface area contributed by atoms with Crippen molar-refractivity contribution < 1.29 is 0 Å². The maximum Gasteiger partial charge on any atom is 0.0443 e. The van der Waals surface area contributed by atoms with Crippen molar-refractivity contribution in [2.24, 2.45) is 0 Å². The highest BCUT2D eigenvalue weighted by atomic mass is 32.1. The standard InChI is InChI=1S/C30H34N2S/c1-22-9-3-6-12-28(22)32(29-13-7-4-10-23(29)2)26-17-15-25(16-18-26)31-20-19-24-21-33-30-14-8-5-11-27(24)30/h3-14,21,25-26,31H,15-20H2,1-2H3. The minimum atomic E-state index is 0.547. The van der Waals surface area contributed by atoms with Gasteiger partial charge in [0, 0.05) is 28.2 Å². The molecule has 1 saturated carbocycles. The van der Waals surface area contributed by atoms with Crippen LogP contribution >= 0.6 is 11.3 Å². The highest BCUT2D eigenvalue weighted by Gasteiger charge is 2.28. The molecule has 4 aromatic rings. The van der Waals surface area contributed by atoms with Gasteiger partial charge in [0.15, 0.2) is 0 Å². The second-order valence-electron chi connectivity index (χ2n) is 9.41. The predicted molar refractivity (Wildman–Crippen MR) is 144 cm³/mol. The Bertz CT molecular complexity index is 1160. The number of nitrogens with zero attached hydrogens (tertiary/aromatic N) is 1. The number of fused-ring (bicyclic) bond motifs is 1. The summed E-state index contributed by atoms with van der Waals surface area (Å²) in [5, 5.41) is 7.64. The van der Waals surface area contributed by atoms with Crippen molar-refractivity contribution >= 4 is 32.8 Å². The largest absolute Gasteiger partial charge is 0.338 e. The Balaban J connectivity index is 1.23. The van der Waals surface area contributed by atoms with Crippen molar-refractivity contribution in [2.75, 3.05) is 11.4 Å². The van der Waals surface area contributed by atoms with Crippen LogP contribution in [-0.2, 0) is 6.42 Å². The Hall–Kier alpha value is -2.62. The van der Waals surface area contributed by atoms with Gasteiger partial charge in [-0.1, -0.05) is 54.6 Å². The SMILES string of the molecule is Cc1ccccc1N(c1ccccc1C)C1CCC(NCCc2csc3ccccc23)CC1. The normalized spacial score (nSPS) is 18.5. The first-order valence-corrected chi connectivity index (χ1v) is 13.2. The van der Waals surface area contributed by atoms with Gasteiger partial charge >= 0.3 is 0 Å². The zero-order chi connectivity index (χ0) is 22.6. The molecule has 0 aliphatic heterocycles. The van der Waals surface area contributed by atoms with E-state index in [2.05, 4.69) is 102 Å². The van der Waals surface area contributed by atoms with Crippen LogP contribution in [0.1, 0.15) is 42.4 Å². The van der Waals surface area contributed by atoms with Gasteiger partial charge in [0.25, 0.3) is 0 Å². The molecule has 0 saturated heterocycles. The average Bonchev–Trinajstić information content (AvgIpc) is 3.26. The van der Waals surface area contributed by atoms with Gasteiger partial charge in [0.05, 0.1) is 0 Å². The van der Waals surface area contributed by atoms with E-state index in [1.165, 1.54) is 63.8 Å². The molecule has 33 heavy (non-hydrogen) atoms. The van der Waals surface area contributed by atoms with Crippen LogP contribution in [0.5, 0.6) is 0 Å². The van der Waals surface area contributed by atoms with E-state index in [1.807, 2.05) is 11.3 Å². The third kappa shape index (κ3) is 4.85. The quantitative estimate of drug-likeness (QED) is 0.306. The van der Waals surface area contributed by atoms with Crippen molar-refractivity contribution in [1.29, 1.82) is 0 Å². The minimum Gasteiger partial charge on any atom is -0.338 e. The van der Waals surface area contributed by atoms with Gasteiger partial charge in [-0.3, -0.25) is 0 Å². The summed E-state index contributed by atoms with van der Waals surface area (Å²) in [5.74, 6) is 0. The summed E-state index contributed by atoms with van der Waals surface area (Å²) < 4.78 is 1.40. The third-order valence-electron chi connectivity index (χ3n) is 7.20. The lowest BCUT2D eigenvalue weighted by Gasteiger charge is -2.40. The third-order valence-corrected chi connectivity index (χ3v) is 8.21. The Labute approximate surface area is 202 Å². The molecule has 0 spiro atoms. The highest BCUT2D eigenvalue weighted by Crippen LogP contribution is 2.37. The average molecular weight is 455 g/mol. The smallest absolute Gasteiger partial charge is 0.0443 e. The fraction of sp³-hybridized carbons (Fsp3) is 0.333. The summed E-state index contributed by atoms with van der Waals surface area (Å²) in [6, 6.07) is 27.7. The molecule has 0 radical (unpaired) electrons. The van der Waals surface area contributed by atoms with Crippen molar-refractivity contribution in [3.63, 3.8) is 0 Å². The maximum atomic E-state index is 3.87. The van der Waals surface area contributed by atoms with E-state index in [0.717, 1.165) is 13.0 Å². The molecule has 1 aliphatic carbocycles. The molecule has 170 valence electrons. The molecule has 0 amide bonds. The summed E-state index contributed by atoms with van der Waals surface area (Å²) in [7, 11) is 0. The van der Waals surface area contributed by atoms with Crippen LogP contribution in [0, 0.1) is 13.8 Å². The number of rotatable bonds is 7. The lowest BCUT2D eigenvalue weighted by atomic mass is 9.88. The van der Waals surface area contributed by atoms with Crippen LogP contribution < -0.4 is 10.2 Å². The first-order valence-electron chi connectivity index (χ1n) is 12.3. The van der Waals surface area contributed by atoms with Crippen LogP contribution in [0.15, 0.2) is 78.2 Å². The number of thiophene rings is 1. The fourth-order valence-corrected chi connectivity index (χ4v) is 6.36. The van der Waals surface area contributed by atoms with Crippen LogP contribution in [-0.4, -0.2) is 18.6 Å². The Kier molecular flexibility index (Phi) is 6.80. The number of benzene rings is 3. The van der Waals surface area contributed by atoms with E-state index in [-0.39, 0.29) is 0 Å². The second kappa shape index (κ2) is 10.1. The molecular formula is C30H34N2S. The lowest BCUT2D eigenvalue weighted by molar-refractivity contribution is 0.342. The topological polar surface area (TPSA) is 15.3 Å². The van der Waals surface area contributed by atoms with E-state index in [4.69, 9.17) is 0 Å². The molecule has 0 unspecified atom stereocenters. The Morgan fingerprint density at radius 2 is 1.39 bits per heavy atom. The van der Waals surface area contributed by atoms with E-state index >= 15 is 0 Å². The summed E-state index contributed by atoms with van der Waals surface area (Å²) in [6.45, 7) is 5.54. The summed E-state index contributed by atoms with van der Waals surface area (Å²) in [5.41, 5.74) is 6.90. The summed E-state index contributed by atoms with van der Waals surface area (Å²) in [6.07, 6.45) is 6.04. The van der Waals surface area contributed by atoms with Crippen molar-refractivity contribution in [2.45, 2.75) is 58.0 Å². The molecule has 3 heteroatoms. The number of anilines is 2. The number of nitrogens with one attached hydrogen (secondary N) is 1. The Morgan fingerprint density at radius 3 is 2.06 bits per heavy atom. The van der Waals surface area contributed by atoms with Gasteiger partial charge in [0.2, 0.25) is 0 Å². The van der Waals surface area contributed by atoms with Crippen LogP contribution in [0.3, 0.4) is 0 Å². The summed E-state index contributed by atoms with van der Waals surface area (Å²) >= 11 is 1.87. The molecular weight excluding hydrogens is 420 g/mol. The first kappa shape index (κ1) is 22.2. The van der Waals surface area contributed by atoms with E-state index < -0.39 is 0 Å². The zero-order valence-electron chi connectivity index (χ0n) is 19.8. The van der Waals surface area contributed by atoms with Crippen molar-refractivity contribution in [3.8, 4) is 0 Å². The molecule has 3 aromatic carbocycles. The molecule has 0 atom stereocenters. The zero-order valence-corrected chi connectivity index (χ0v) is 20.6. The second-order valence-corrected chi connectivity index (χ2v) is 10.3. The van der Waals surface area contributed by atoms with Crippen molar-refractivity contribution in [3.05, 3.63) is 94.9 Å². The number of para-hydroxylation sites is 2. The Morgan fingerprint density at radius 1 is 0.788 bits per heavy atom. The van der Waals surface area contributed by atoms with Gasteiger partial charge in [-0.05, 0) is 98.2 Å². The predicted octanol–water partition coefficient (Wildman–Crippen LogP) is 7.80. The number of hydrogen-bond acceptors (Lipinski definition) is 3. The van der Waals surface area contributed by atoms with Gasteiger partial charge in [0.1, 0.15) is 0 Å². The monoisotopic (exact) mass is 454 g/mol. The molecule has 2 nitrogen and oxygen atoms in total. The van der Waals surface area contributed by atoms with Crippen LogP contribution in [0.2, 0.25) is 0 Å². The molecule has 1 aliphatic rings. The van der Waals surface area contributed by atoms with Gasteiger partial charge < -0.3 is 10.2 Å². The fourth-order valence-electron chi connectivity index (χ4n) is 5.37. The van der Waals surface area contributed by atoms with Gasteiger partial charge in [-0.2, -0.15) is 0 Å². The molecule has 5 rings (SSSR count). The van der Waals surface area contributed by atoms with Crippen LogP contribution in [0.4, 0.5) is 11.4 Å². The number of aryl methyl sites for hydroxylation is 2. The van der Waals surface area contributed by atoms with E-state index in [0.29, 0.717) is 12.1 Å². The first-order chi connectivity index (χ1) is 16.2. The highest BCUT2D eigenvalue weighted by molar-refractivity contribution is 7.17. The lowest BCUT2D eigenvalue weighted by Crippen LogP contribution is -2.41. The molecule has 0 bridgehead atoms. The van der Waals surface area contributed by atoms with E-state index in [9.17, 15) is 0 Å². The molecule has 1 aromatic heterocycles. The summed E-state index contributed by atoms with van der Waals surface area (Å²) in [4.78, 5) is 2.62. The van der Waals surface area contributed by atoms with Crippen LogP contribution in [0.25, 0.3) is 10.1 Å².